The Balaban J connectivity index is 1.91. The molecule has 7 heteroatoms. The summed E-state index contributed by atoms with van der Waals surface area (Å²) in [6, 6.07) is 11.6. The second-order valence-corrected chi connectivity index (χ2v) is 5.62. The maximum atomic E-state index is 9.46. The Bertz CT molecular complexity index is 1030. The van der Waals surface area contributed by atoms with Crippen LogP contribution in [-0.4, -0.2) is 35.1 Å². The summed E-state index contributed by atoms with van der Waals surface area (Å²) in [6.07, 6.45) is 0. The second-order valence-electron chi connectivity index (χ2n) is 5.62. The van der Waals surface area contributed by atoms with Crippen molar-refractivity contribution in [2.45, 2.75) is 13.5 Å². The lowest BCUT2D eigenvalue weighted by atomic mass is 10.1. The zero-order chi connectivity index (χ0) is 16.7. The van der Waals surface area contributed by atoms with Crippen LogP contribution in [0.5, 0.6) is 0 Å². The van der Waals surface area contributed by atoms with Gasteiger partial charge in [0.15, 0.2) is 0 Å². The van der Waals surface area contributed by atoms with Gasteiger partial charge in [0.2, 0.25) is 0 Å². The average molecular weight is 320 g/mol. The van der Waals surface area contributed by atoms with Crippen molar-refractivity contribution in [1.82, 2.24) is 29.9 Å². The molecule has 0 aliphatic heterocycles. The number of pyridine rings is 1. The smallest absolute Gasteiger partial charge is 0.133 e. The highest BCUT2D eigenvalue weighted by atomic mass is 16.3. The van der Waals surface area contributed by atoms with Crippen molar-refractivity contribution >= 4 is 11.0 Å². The zero-order valence-electron chi connectivity index (χ0n) is 13.4. The first-order valence-electron chi connectivity index (χ1n) is 7.59. The monoisotopic (exact) mass is 320 g/mol. The van der Waals surface area contributed by atoms with Gasteiger partial charge in [0.1, 0.15) is 23.5 Å². The SMILES string of the molecule is Cc1cccc(-c2[nH]c(CO)nc2-c2ccc3nn(C)nc3c2)n1. The molecule has 3 heterocycles. The molecule has 2 N–H and O–H groups in total. The molecule has 1 aromatic carbocycles. The number of rotatable bonds is 3. The number of hydrogen-bond acceptors (Lipinski definition) is 5. The molecule has 0 amide bonds. The van der Waals surface area contributed by atoms with Gasteiger partial charge < -0.3 is 10.1 Å². The van der Waals surface area contributed by atoms with Crippen molar-refractivity contribution in [3.8, 4) is 22.6 Å². The van der Waals surface area contributed by atoms with Crippen LogP contribution in [0.4, 0.5) is 0 Å². The Kier molecular flexibility index (Phi) is 3.35. The molecule has 0 aliphatic rings. The van der Waals surface area contributed by atoms with E-state index in [1.54, 1.807) is 11.8 Å². The zero-order valence-corrected chi connectivity index (χ0v) is 13.4. The van der Waals surface area contributed by atoms with Crippen molar-refractivity contribution in [3.05, 3.63) is 47.9 Å². The lowest BCUT2D eigenvalue weighted by Gasteiger charge is -2.03. The van der Waals surface area contributed by atoms with E-state index in [1.165, 1.54) is 0 Å². The normalized spacial score (nSPS) is 11.3. The summed E-state index contributed by atoms with van der Waals surface area (Å²) in [6.45, 7) is 1.78. The maximum absolute atomic E-state index is 9.46. The molecule has 120 valence electrons. The maximum Gasteiger partial charge on any atom is 0.133 e. The van der Waals surface area contributed by atoms with Crippen LogP contribution in [0.25, 0.3) is 33.7 Å². The van der Waals surface area contributed by atoms with Gasteiger partial charge in [-0.1, -0.05) is 12.1 Å². The number of aliphatic hydroxyl groups excluding tert-OH is 1. The standard InChI is InChI=1S/C17H16N6O/c1-10-4-3-5-13(18-10)17-16(19-15(9-24)20-17)11-6-7-12-14(8-11)22-23(2)21-12/h3-8,24H,9H2,1-2H3,(H,19,20). The summed E-state index contributed by atoms with van der Waals surface area (Å²) in [4.78, 5) is 13.8. The van der Waals surface area contributed by atoms with Gasteiger partial charge >= 0.3 is 0 Å². The highest BCUT2D eigenvalue weighted by Gasteiger charge is 2.16. The molecule has 0 unspecified atom stereocenters. The third kappa shape index (κ3) is 2.44. The van der Waals surface area contributed by atoms with Crippen LogP contribution in [0.15, 0.2) is 36.4 Å². The number of nitrogens with zero attached hydrogens (tertiary/aromatic N) is 5. The van der Waals surface area contributed by atoms with Gasteiger partial charge in [-0.15, -0.1) is 0 Å². The molecular weight excluding hydrogens is 304 g/mol. The van der Waals surface area contributed by atoms with E-state index < -0.39 is 0 Å². The first-order chi connectivity index (χ1) is 11.6. The lowest BCUT2D eigenvalue weighted by Crippen LogP contribution is -1.90. The van der Waals surface area contributed by atoms with E-state index in [-0.39, 0.29) is 6.61 Å². The summed E-state index contributed by atoms with van der Waals surface area (Å²) in [5.74, 6) is 0.502. The second kappa shape index (κ2) is 5.54. The highest BCUT2D eigenvalue weighted by Crippen LogP contribution is 2.30. The van der Waals surface area contributed by atoms with Crippen LogP contribution >= 0.6 is 0 Å². The van der Waals surface area contributed by atoms with Gasteiger partial charge in [0.25, 0.3) is 0 Å². The first-order valence-corrected chi connectivity index (χ1v) is 7.59. The fourth-order valence-electron chi connectivity index (χ4n) is 2.74. The largest absolute Gasteiger partial charge is 0.388 e. The molecule has 24 heavy (non-hydrogen) atoms. The molecule has 0 radical (unpaired) electrons. The molecule has 0 saturated heterocycles. The molecule has 0 fully saturated rings. The summed E-state index contributed by atoms with van der Waals surface area (Å²) in [5.41, 5.74) is 5.76. The Morgan fingerprint density at radius 1 is 1.08 bits per heavy atom. The predicted molar refractivity (Wildman–Crippen MR) is 90.0 cm³/mol. The summed E-state index contributed by atoms with van der Waals surface area (Å²) >= 11 is 0. The van der Waals surface area contributed by atoms with Crippen LogP contribution in [0, 0.1) is 6.92 Å². The Hall–Kier alpha value is -3.06. The van der Waals surface area contributed by atoms with Gasteiger partial charge in [-0.3, -0.25) is 4.98 Å². The summed E-state index contributed by atoms with van der Waals surface area (Å²) < 4.78 is 0. The van der Waals surface area contributed by atoms with Crippen molar-refractivity contribution in [3.63, 3.8) is 0 Å². The van der Waals surface area contributed by atoms with Gasteiger partial charge in [-0.05, 0) is 31.2 Å². The highest BCUT2D eigenvalue weighted by molar-refractivity contribution is 5.84. The van der Waals surface area contributed by atoms with Crippen molar-refractivity contribution in [1.29, 1.82) is 0 Å². The topological polar surface area (TPSA) is 92.5 Å². The minimum Gasteiger partial charge on any atom is -0.388 e. The quantitative estimate of drug-likeness (QED) is 0.604. The molecule has 0 spiro atoms. The van der Waals surface area contributed by atoms with Crippen molar-refractivity contribution in [2.75, 3.05) is 0 Å². The molecule has 0 atom stereocenters. The van der Waals surface area contributed by atoms with Crippen LogP contribution in [-0.2, 0) is 13.7 Å². The first kappa shape index (κ1) is 14.5. The fourth-order valence-corrected chi connectivity index (χ4v) is 2.74. The lowest BCUT2D eigenvalue weighted by molar-refractivity contribution is 0.272. The van der Waals surface area contributed by atoms with Crippen LogP contribution in [0.2, 0.25) is 0 Å². The van der Waals surface area contributed by atoms with Gasteiger partial charge in [0.05, 0.1) is 17.1 Å². The van der Waals surface area contributed by atoms with Crippen LogP contribution in [0.3, 0.4) is 0 Å². The number of aliphatic hydroxyl groups is 1. The van der Waals surface area contributed by atoms with E-state index in [2.05, 4.69) is 25.1 Å². The number of nitrogens with one attached hydrogen (secondary N) is 1. The Morgan fingerprint density at radius 3 is 2.71 bits per heavy atom. The number of fused-ring (bicyclic) bond motifs is 1. The number of imidazole rings is 1. The Morgan fingerprint density at radius 2 is 1.92 bits per heavy atom. The van der Waals surface area contributed by atoms with E-state index in [1.807, 2.05) is 43.3 Å². The summed E-state index contributed by atoms with van der Waals surface area (Å²) in [7, 11) is 1.79. The van der Waals surface area contributed by atoms with Gasteiger partial charge in [0, 0.05) is 18.3 Å². The van der Waals surface area contributed by atoms with E-state index in [0.29, 0.717) is 5.82 Å². The number of hydrogen-bond donors (Lipinski definition) is 2. The van der Waals surface area contributed by atoms with Crippen molar-refractivity contribution in [2.24, 2.45) is 7.05 Å². The van der Waals surface area contributed by atoms with E-state index >= 15 is 0 Å². The number of aryl methyl sites for hydroxylation is 2. The Labute approximate surface area is 138 Å². The molecule has 7 nitrogen and oxygen atoms in total. The summed E-state index contributed by atoms with van der Waals surface area (Å²) in [5, 5.41) is 18.1. The van der Waals surface area contributed by atoms with Gasteiger partial charge in [-0.2, -0.15) is 15.0 Å². The van der Waals surface area contributed by atoms with E-state index in [0.717, 1.165) is 39.4 Å². The van der Waals surface area contributed by atoms with E-state index in [4.69, 9.17) is 0 Å². The fraction of sp³-hybridized carbons (Fsp3) is 0.176. The molecule has 0 aliphatic carbocycles. The van der Waals surface area contributed by atoms with Crippen molar-refractivity contribution < 1.29 is 5.11 Å². The molecule has 0 saturated carbocycles. The van der Waals surface area contributed by atoms with Gasteiger partial charge in [-0.25, -0.2) is 4.98 Å². The number of benzene rings is 1. The van der Waals surface area contributed by atoms with Crippen LogP contribution in [0.1, 0.15) is 11.5 Å². The predicted octanol–water partition coefficient (Wildman–Crippen LogP) is 2.22. The minimum atomic E-state index is -0.161. The molecular formula is C17H16N6O. The molecule has 0 bridgehead atoms. The number of aromatic amines is 1. The minimum absolute atomic E-state index is 0.161. The number of H-pyrrole nitrogens is 1. The average Bonchev–Trinajstić information content (AvgIpc) is 3.16. The number of aromatic nitrogens is 6. The third-order valence-electron chi connectivity index (χ3n) is 3.80. The third-order valence-corrected chi connectivity index (χ3v) is 3.80. The van der Waals surface area contributed by atoms with Crippen LogP contribution < -0.4 is 0 Å². The molecule has 3 aromatic heterocycles. The molecule has 4 rings (SSSR count). The molecule has 4 aromatic rings. The van der Waals surface area contributed by atoms with E-state index in [9.17, 15) is 5.11 Å².